The summed E-state index contributed by atoms with van der Waals surface area (Å²) in [5, 5.41) is 3.21. The lowest BCUT2D eigenvalue weighted by Gasteiger charge is -2.25. The molecule has 2 amide bonds. The van der Waals surface area contributed by atoms with Crippen LogP contribution in [0.4, 0.5) is 10.5 Å². The Bertz CT molecular complexity index is 1020. The zero-order valence-electron chi connectivity index (χ0n) is 17.2. The number of carbonyl (C=O) groups excluding carboxylic acids is 2. The molecule has 8 nitrogen and oxygen atoms in total. The molecule has 2 aliphatic heterocycles. The lowest BCUT2D eigenvalue weighted by Crippen LogP contribution is -2.38. The standard InChI is InChI=1S/C19H23Cl2N3O5S2/c1-19(2,3)29-18(26)22-8-7-15(25)23-17-24(12-6-4-5-11(20)16(12)21)13-9-31(27,28)10-14(13)30-17/h4-6,13-14H,7-10H2,1-3H3,(H,22,26)/t13-,14-/m1/s1. The fraction of sp³-hybridized carbons (Fsp3) is 0.526. The van der Waals surface area contributed by atoms with Gasteiger partial charge in [-0.2, -0.15) is 4.99 Å². The summed E-state index contributed by atoms with van der Waals surface area (Å²) in [4.78, 5) is 30.0. The molecule has 0 spiro atoms. The summed E-state index contributed by atoms with van der Waals surface area (Å²) in [6.07, 6.45) is -0.649. The number of hydrogen-bond acceptors (Lipinski definition) is 6. The van der Waals surface area contributed by atoms with Crippen molar-refractivity contribution in [1.82, 2.24) is 5.32 Å². The largest absolute Gasteiger partial charge is 0.444 e. The molecule has 2 atom stereocenters. The molecule has 2 heterocycles. The van der Waals surface area contributed by atoms with E-state index in [-0.39, 0.29) is 34.7 Å². The molecular formula is C19H23Cl2N3O5S2. The van der Waals surface area contributed by atoms with Gasteiger partial charge in [-0.1, -0.05) is 41.0 Å². The van der Waals surface area contributed by atoms with E-state index in [0.717, 1.165) is 0 Å². The second-order valence-corrected chi connectivity index (χ2v) is 12.4. The van der Waals surface area contributed by atoms with Crippen LogP contribution in [0.2, 0.25) is 10.0 Å². The van der Waals surface area contributed by atoms with Crippen molar-refractivity contribution >= 4 is 67.7 Å². The molecule has 12 heteroatoms. The number of nitrogens with one attached hydrogen (secondary N) is 1. The zero-order chi connectivity index (χ0) is 23.0. The van der Waals surface area contributed by atoms with Crippen molar-refractivity contribution in [2.75, 3.05) is 23.0 Å². The lowest BCUT2D eigenvalue weighted by atomic mass is 10.2. The number of ether oxygens (including phenoxy) is 1. The molecule has 170 valence electrons. The van der Waals surface area contributed by atoms with E-state index in [1.54, 1.807) is 43.9 Å². The number of fused-ring (bicyclic) bond motifs is 1. The Morgan fingerprint density at radius 3 is 2.68 bits per heavy atom. The Morgan fingerprint density at radius 1 is 1.29 bits per heavy atom. The number of hydrogen-bond donors (Lipinski definition) is 1. The van der Waals surface area contributed by atoms with Crippen LogP contribution in [-0.2, 0) is 19.4 Å². The highest BCUT2D eigenvalue weighted by atomic mass is 35.5. The summed E-state index contributed by atoms with van der Waals surface area (Å²) in [6.45, 7) is 5.29. The summed E-state index contributed by atoms with van der Waals surface area (Å²) in [7, 11) is -3.20. The van der Waals surface area contributed by atoms with Crippen LogP contribution in [0.1, 0.15) is 27.2 Å². The van der Waals surface area contributed by atoms with Gasteiger partial charge in [0.2, 0.25) is 5.91 Å². The van der Waals surface area contributed by atoms with Gasteiger partial charge in [-0.15, -0.1) is 0 Å². The van der Waals surface area contributed by atoms with E-state index in [1.165, 1.54) is 11.8 Å². The van der Waals surface area contributed by atoms with Crippen LogP contribution in [0.25, 0.3) is 0 Å². The molecule has 1 aromatic carbocycles. The van der Waals surface area contributed by atoms with Crippen LogP contribution in [-0.4, -0.2) is 60.5 Å². The SMILES string of the molecule is CC(C)(C)OC(=O)NCCC(=O)N=C1S[C@@H]2CS(=O)(=O)C[C@H]2N1c1cccc(Cl)c1Cl. The number of anilines is 1. The normalized spacial score (nSPS) is 23.6. The second-order valence-electron chi connectivity index (χ2n) is 8.21. The maximum atomic E-state index is 12.4. The predicted octanol–water partition coefficient (Wildman–Crippen LogP) is 3.51. The highest BCUT2D eigenvalue weighted by molar-refractivity contribution is 8.16. The molecule has 1 N–H and O–H groups in total. The minimum absolute atomic E-state index is 0.00439. The molecule has 1 aromatic rings. The summed E-state index contributed by atoms with van der Waals surface area (Å²) in [5.74, 6) is -0.504. The third kappa shape index (κ3) is 6.06. The average Bonchev–Trinajstić information content (AvgIpc) is 3.07. The van der Waals surface area contributed by atoms with Crippen molar-refractivity contribution in [2.24, 2.45) is 4.99 Å². The molecule has 0 aromatic heterocycles. The van der Waals surface area contributed by atoms with Crippen molar-refractivity contribution in [3.8, 4) is 0 Å². The molecular weight excluding hydrogens is 485 g/mol. The van der Waals surface area contributed by atoms with E-state index in [1.807, 2.05) is 0 Å². The van der Waals surface area contributed by atoms with Crippen LogP contribution in [0, 0.1) is 0 Å². The molecule has 0 bridgehead atoms. The van der Waals surface area contributed by atoms with Crippen molar-refractivity contribution in [3.05, 3.63) is 28.2 Å². The molecule has 2 saturated heterocycles. The molecule has 31 heavy (non-hydrogen) atoms. The van der Waals surface area contributed by atoms with E-state index in [2.05, 4.69) is 10.3 Å². The first-order valence-electron chi connectivity index (χ1n) is 9.55. The highest BCUT2D eigenvalue weighted by Gasteiger charge is 2.49. The van der Waals surface area contributed by atoms with Gasteiger partial charge in [0.15, 0.2) is 15.0 Å². The van der Waals surface area contributed by atoms with Crippen LogP contribution in [0.5, 0.6) is 0 Å². The molecule has 0 aliphatic carbocycles. The maximum absolute atomic E-state index is 12.4. The lowest BCUT2D eigenvalue weighted by molar-refractivity contribution is -0.117. The van der Waals surface area contributed by atoms with Crippen LogP contribution in [0.15, 0.2) is 23.2 Å². The number of thioether (sulfide) groups is 1. The smallest absolute Gasteiger partial charge is 0.407 e. The fourth-order valence-corrected chi connectivity index (χ4v) is 7.58. The van der Waals surface area contributed by atoms with Gasteiger partial charge in [0.1, 0.15) is 5.60 Å². The van der Waals surface area contributed by atoms with Gasteiger partial charge in [0.25, 0.3) is 0 Å². The number of sulfone groups is 1. The minimum atomic E-state index is -3.20. The number of benzene rings is 1. The van der Waals surface area contributed by atoms with E-state index < -0.39 is 33.5 Å². The minimum Gasteiger partial charge on any atom is -0.444 e. The first-order valence-corrected chi connectivity index (χ1v) is 13.0. The third-order valence-corrected chi connectivity index (χ3v) is 8.50. The first kappa shape index (κ1) is 24.2. The van der Waals surface area contributed by atoms with Crippen molar-refractivity contribution in [2.45, 2.75) is 44.1 Å². The van der Waals surface area contributed by atoms with Crippen LogP contribution >= 0.6 is 35.0 Å². The predicted molar refractivity (Wildman–Crippen MR) is 124 cm³/mol. The van der Waals surface area contributed by atoms with Gasteiger partial charge < -0.3 is 15.0 Å². The maximum Gasteiger partial charge on any atom is 0.407 e. The Labute approximate surface area is 195 Å². The van der Waals surface area contributed by atoms with Gasteiger partial charge in [-0.05, 0) is 32.9 Å². The number of carbonyl (C=O) groups is 2. The third-order valence-electron chi connectivity index (χ3n) is 4.48. The average molecular weight is 508 g/mol. The molecule has 0 saturated carbocycles. The first-order chi connectivity index (χ1) is 14.4. The van der Waals surface area contributed by atoms with Crippen molar-refractivity contribution in [1.29, 1.82) is 0 Å². The second kappa shape index (κ2) is 9.17. The van der Waals surface area contributed by atoms with Crippen LogP contribution in [0.3, 0.4) is 0 Å². The quantitative estimate of drug-likeness (QED) is 0.664. The summed E-state index contributed by atoms with van der Waals surface area (Å²) >= 11 is 13.8. The van der Waals surface area contributed by atoms with Crippen molar-refractivity contribution < 1.29 is 22.7 Å². The number of nitrogens with zero attached hydrogens (tertiary/aromatic N) is 2. The van der Waals surface area contributed by atoms with E-state index in [9.17, 15) is 18.0 Å². The number of amides is 2. The molecule has 3 rings (SSSR count). The van der Waals surface area contributed by atoms with E-state index >= 15 is 0 Å². The number of halogens is 2. The van der Waals surface area contributed by atoms with E-state index in [4.69, 9.17) is 27.9 Å². The Hall–Kier alpha value is -1.49. The van der Waals surface area contributed by atoms with Gasteiger partial charge in [-0.3, -0.25) is 4.79 Å². The summed E-state index contributed by atoms with van der Waals surface area (Å²) in [5.41, 5.74) is -0.131. The van der Waals surface area contributed by atoms with Gasteiger partial charge in [-0.25, -0.2) is 13.2 Å². The molecule has 2 fully saturated rings. The Morgan fingerprint density at radius 2 is 2.00 bits per heavy atom. The highest BCUT2D eigenvalue weighted by Crippen LogP contribution is 2.44. The number of rotatable bonds is 4. The fourth-order valence-electron chi connectivity index (χ4n) is 3.27. The Kier molecular flexibility index (Phi) is 7.15. The molecule has 0 unspecified atom stereocenters. The summed E-state index contributed by atoms with van der Waals surface area (Å²) < 4.78 is 29.4. The number of aliphatic imine (C=N–C) groups is 1. The molecule has 2 aliphatic rings. The van der Waals surface area contributed by atoms with Gasteiger partial charge in [0.05, 0.1) is 33.3 Å². The van der Waals surface area contributed by atoms with Crippen molar-refractivity contribution in [3.63, 3.8) is 0 Å². The monoisotopic (exact) mass is 507 g/mol. The van der Waals surface area contributed by atoms with Crippen LogP contribution < -0.4 is 10.2 Å². The number of alkyl carbamates (subject to hydrolysis) is 1. The molecule has 0 radical (unpaired) electrons. The number of amidine groups is 1. The van der Waals surface area contributed by atoms with E-state index in [0.29, 0.717) is 15.9 Å². The topological polar surface area (TPSA) is 105 Å². The zero-order valence-corrected chi connectivity index (χ0v) is 20.4. The summed E-state index contributed by atoms with van der Waals surface area (Å²) in [6, 6.07) is 4.66. The van der Waals surface area contributed by atoms with Gasteiger partial charge in [0, 0.05) is 18.2 Å². The Balaban J connectivity index is 1.76. The van der Waals surface area contributed by atoms with Gasteiger partial charge >= 0.3 is 6.09 Å².